The zero-order valence-electron chi connectivity index (χ0n) is 14.4. The molecule has 4 heteroatoms. The van der Waals surface area contributed by atoms with E-state index in [0.29, 0.717) is 24.5 Å². The van der Waals surface area contributed by atoms with Gasteiger partial charge in [-0.15, -0.1) is 0 Å². The quantitative estimate of drug-likeness (QED) is 0.919. The van der Waals surface area contributed by atoms with Crippen molar-refractivity contribution in [1.29, 1.82) is 0 Å². The standard InChI is InChI=1S/C19H25NO3/c1-5-23-14-9-7-6-8-13(14)20-16(22)19-11-10-18(4,15(21)12-19)17(19,2)3/h6-9H,5,10-12H2,1-4H3,(H,20,22). The van der Waals surface area contributed by atoms with Crippen molar-refractivity contribution in [3.63, 3.8) is 0 Å². The molecule has 0 aliphatic heterocycles. The van der Waals surface area contributed by atoms with Gasteiger partial charge in [0.25, 0.3) is 0 Å². The summed E-state index contributed by atoms with van der Waals surface area (Å²) >= 11 is 0. The third kappa shape index (κ3) is 1.97. The predicted molar refractivity (Wildman–Crippen MR) is 89.4 cm³/mol. The van der Waals surface area contributed by atoms with Crippen LogP contribution in [0.2, 0.25) is 0 Å². The third-order valence-corrected chi connectivity index (χ3v) is 6.58. The van der Waals surface area contributed by atoms with Crippen LogP contribution in [0.5, 0.6) is 5.75 Å². The van der Waals surface area contributed by atoms with Gasteiger partial charge in [0.05, 0.1) is 17.7 Å². The Morgan fingerprint density at radius 2 is 1.91 bits per heavy atom. The molecule has 2 aliphatic carbocycles. The van der Waals surface area contributed by atoms with Gasteiger partial charge in [-0.25, -0.2) is 0 Å². The van der Waals surface area contributed by atoms with Gasteiger partial charge in [-0.05, 0) is 37.3 Å². The lowest BCUT2D eigenvalue weighted by molar-refractivity contribution is -0.131. The molecule has 1 amide bonds. The normalized spacial score (nSPS) is 31.2. The van der Waals surface area contributed by atoms with E-state index in [-0.39, 0.29) is 22.5 Å². The number of carbonyl (C=O) groups excluding carboxylic acids is 2. The van der Waals surface area contributed by atoms with E-state index in [2.05, 4.69) is 19.2 Å². The fourth-order valence-corrected chi connectivity index (χ4v) is 4.45. The summed E-state index contributed by atoms with van der Waals surface area (Å²) in [5.41, 5.74) is -0.651. The van der Waals surface area contributed by atoms with Gasteiger partial charge in [-0.2, -0.15) is 0 Å². The number of benzene rings is 1. The zero-order valence-corrected chi connectivity index (χ0v) is 14.4. The first kappa shape index (κ1) is 16.0. The number of anilines is 1. The van der Waals surface area contributed by atoms with Crippen LogP contribution in [0.4, 0.5) is 5.69 Å². The van der Waals surface area contributed by atoms with Gasteiger partial charge < -0.3 is 10.1 Å². The fraction of sp³-hybridized carbons (Fsp3) is 0.579. The van der Waals surface area contributed by atoms with Crippen LogP contribution in [0.25, 0.3) is 0 Å². The summed E-state index contributed by atoms with van der Waals surface area (Å²) in [6.07, 6.45) is 1.91. The lowest BCUT2D eigenvalue weighted by atomic mass is 9.64. The number of carbonyl (C=O) groups is 2. The average molecular weight is 315 g/mol. The second kappa shape index (κ2) is 5.08. The second-order valence-corrected chi connectivity index (χ2v) is 7.52. The minimum Gasteiger partial charge on any atom is -0.492 e. The highest BCUT2D eigenvalue weighted by Gasteiger charge is 2.72. The van der Waals surface area contributed by atoms with E-state index in [9.17, 15) is 9.59 Å². The molecule has 2 aliphatic rings. The Morgan fingerprint density at radius 3 is 2.48 bits per heavy atom. The van der Waals surface area contributed by atoms with Gasteiger partial charge >= 0.3 is 0 Å². The van der Waals surface area contributed by atoms with Gasteiger partial charge in [0.1, 0.15) is 11.5 Å². The van der Waals surface area contributed by atoms with Crippen molar-refractivity contribution in [2.45, 2.75) is 47.0 Å². The van der Waals surface area contributed by atoms with Crippen molar-refractivity contribution < 1.29 is 14.3 Å². The fourth-order valence-electron chi connectivity index (χ4n) is 4.45. The predicted octanol–water partition coefficient (Wildman–Crippen LogP) is 3.81. The summed E-state index contributed by atoms with van der Waals surface area (Å²) in [5.74, 6) is 0.842. The number of rotatable bonds is 4. The van der Waals surface area contributed by atoms with Gasteiger partial charge in [0.2, 0.25) is 5.91 Å². The SMILES string of the molecule is CCOc1ccccc1NC(=O)C12CCC(C)(C(=O)C1)C2(C)C. The molecule has 0 spiro atoms. The molecule has 1 N–H and O–H groups in total. The number of para-hydroxylation sites is 2. The average Bonchev–Trinajstić information content (AvgIpc) is 2.80. The molecule has 4 nitrogen and oxygen atoms in total. The van der Waals surface area contributed by atoms with Crippen molar-refractivity contribution in [1.82, 2.24) is 0 Å². The Kier molecular flexibility index (Phi) is 3.54. The van der Waals surface area contributed by atoms with Crippen LogP contribution >= 0.6 is 0 Å². The van der Waals surface area contributed by atoms with Gasteiger partial charge in [-0.3, -0.25) is 9.59 Å². The summed E-state index contributed by atoms with van der Waals surface area (Å²) in [6.45, 7) is 8.61. The van der Waals surface area contributed by atoms with Crippen LogP contribution in [0, 0.1) is 16.2 Å². The first-order valence-electron chi connectivity index (χ1n) is 8.35. The molecule has 2 saturated carbocycles. The lowest BCUT2D eigenvalue weighted by Gasteiger charge is -2.38. The number of amides is 1. The molecule has 0 heterocycles. The van der Waals surface area contributed by atoms with E-state index in [1.807, 2.05) is 38.1 Å². The van der Waals surface area contributed by atoms with Crippen LogP contribution in [-0.2, 0) is 9.59 Å². The van der Waals surface area contributed by atoms with Gasteiger partial charge in [0, 0.05) is 11.8 Å². The van der Waals surface area contributed by atoms with Crippen LogP contribution in [0.3, 0.4) is 0 Å². The molecule has 0 radical (unpaired) electrons. The Balaban J connectivity index is 1.92. The van der Waals surface area contributed by atoms with Crippen molar-refractivity contribution in [2.24, 2.45) is 16.2 Å². The molecule has 3 rings (SSSR count). The minimum absolute atomic E-state index is 0.0516. The van der Waals surface area contributed by atoms with Crippen LogP contribution in [0.1, 0.15) is 47.0 Å². The van der Waals surface area contributed by atoms with Crippen LogP contribution in [-0.4, -0.2) is 18.3 Å². The van der Waals surface area contributed by atoms with Crippen molar-refractivity contribution >= 4 is 17.4 Å². The monoisotopic (exact) mass is 315 g/mol. The molecule has 23 heavy (non-hydrogen) atoms. The van der Waals surface area contributed by atoms with Gasteiger partial charge in [-0.1, -0.05) is 32.9 Å². The van der Waals surface area contributed by atoms with E-state index in [0.717, 1.165) is 12.8 Å². The summed E-state index contributed by atoms with van der Waals surface area (Å²) in [4.78, 5) is 25.6. The van der Waals surface area contributed by atoms with Crippen molar-refractivity contribution in [3.8, 4) is 5.75 Å². The first-order chi connectivity index (χ1) is 10.8. The first-order valence-corrected chi connectivity index (χ1v) is 8.35. The maximum Gasteiger partial charge on any atom is 0.231 e. The molecule has 2 fully saturated rings. The maximum absolute atomic E-state index is 13.1. The van der Waals surface area contributed by atoms with E-state index in [1.54, 1.807) is 0 Å². The number of hydrogen-bond donors (Lipinski definition) is 1. The summed E-state index contributed by atoms with van der Waals surface area (Å²) < 4.78 is 5.59. The Morgan fingerprint density at radius 1 is 1.22 bits per heavy atom. The van der Waals surface area contributed by atoms with E-state index < -0.39 is 5.41 Å². The highest BCUT2D eigenvalue weighted by molar-refractivity contribution is 6.05. The molecule has 124 valence electrons. The minimum atomic E-state index is -0.613. The summed E-state index contributed by atoms with van der Waals surface area (Å²) in [6, 6.07) is 7.45. The molecule has 0 saturated heterocycles. The Bertz CT molecular complexity index is 666. The molecule has 2 bridgehead atoms. The Labute approximate surface area is 137 Å². The van der Waals surface area contributed by atoms with Crippen molar-refractivity contribution in [3.05, 3.63) is 24.3 Å². The topological polar surface area (TPSA) is 55.4 Å². The molecule has 1 aromatic rings. The maximum atomic E-state index is 13.1. The van der Waals surface area contributed by atoms with Crippen LogP contribution in [0.15, 0.2) is 24.3 Å². The Hall–Kier alpha value is -1.84. The molecule has 0 aromatic heterocycles. The number of fused-ring (bicyclic) bond motifs is 2. The molecule has 1 aromatic carbocycles. The highest BCUT2D eigenvalue weighted by atomic mass is 16.5. The highest BCUT2D eigenvalue weighted by Crippen LogP contribution is 2.70. The number of nitrogens with one attached hydrogen (secondary N) is 1. The number of ether oxygens (including phenoxy) is 1. The zero-order chi connectivity index (χ0) is 16.9. The van der Waals surface area contributed by atoms with E-state index >= 15 is 0 Å². The van der Waals surface area contributed by atoms with Crippen LogP contribution < -0.4 is 10.1 Å². The molecule has 2 unspecified atom stereocenters. The largest absolute Gasteiger partial charge is 0.492 e. The summed E-state index contributed by atoms with van der Waals surface area (Å²) in [5, 5.41) is 3.03. The smallest absolute Gasteiger partial charge is 0.231 e. The third-order valence-electron chi connectivity index (χ3n) is 6.58. The molecule has 2 atom stereocenters. The van der Waals surface area contributed by atoms with E-state index in [1.165, 1.54) is 0 Å². The van der Waals surface area contributed by atoms with Crippen molar-refractivity contribution in [2.75, 3.05) is 11.9 Å². The second-order valence-electron chi connectivity index (χ2n) is 7.52. The molecular weight excluding hydrogens is 290 g/mol. The molecular formula is C19H25NO3. The number of Topliss-reactive ketones (excluding diaryl/α,β-unsaturated/α-hetero) is 1. The van der Waals surface area contributed by atoms with Gasteiger partial charge in [0.15, 0.2) is 0 Å². The number of hydrogen-bond acceptors (Lipinski definition) is 3. The lowest BCUT2D eigenvalue weighted by Crippen LogP contribution is -2.43. The summed E-state index contributed by atoms with van der Waals surface area (Å²) in [7, 11) is 0. The van der Waals surface area contributed by atoms with E-state index in [4.69, 9.17) is 4.74 Å². The number of ketones is 1.